The SMILES string of the molecule is COc1ccc2[nH]cc(CCNC(=O)C[C@H](c3ccc(OC)c(OC)c3OC)c3c(O)cc(C)oc3=O)c2c1. The number of rotatable bonds is 11. The monoisotopic (exact) mass is 536 g/mol. The van der Waals surface area contributed by atoms with Gasteiger partial charge in [-0.3, -0.25) is 4.79 Å². The molecule has 0 saturated carbocycles. The average molecular weight is 537 g/mol. The number of amides is 1. The number of hydrogen-bond donors (Lipinski definition) is 3. The lowest BCUT2D eigenvalue weighted by Crippen LogP contribution is -2.29. The highest BCUT2D eigenvalue weighted by Crippen LogP contribution is 2.45. The molecule has 0 bridgehead atoms. The first-order valence-electron chi connectivity index (χ1n) is 12.3. The van der Waals surface area contributed by atoms with E-state index in [2.05, 4.69) is 10.3 Å². The maximum absolute atomic E-state index is 13.2. The molecular formula is C29H32N2O8. The van der Waals surface area contributed by atoms with Crippen molar-refractivity contribution in [3.8, 4) is 28.7 Å². The molecule has 2 heterocycles. The first-order chi connectivity index (χ1) is 18.8. The molecule has 0 aliphatic rings. The van der Waals surface area contributed by atoms with Crippen molar-refractivity contribution < 1.29 is 33.3 Å². The fourth-order valence-electron chi connectivity index (χ4n) is 4.78. The van der Waals surface area contributed by atoms with Gasteiger partial charge in [0.1, 0.15) is 17.3 Å². The minimum atomic E-state index is -0.894. The molecule has 0 saturated heterocycles. The first kappa shape index (κ1) is 27.4. The van der Waals surface area contributed by atoms with Crippen molar-refractivity contribution in [2.75, 3.05) is 35.0 Å². The number of nitrogens with one attached hydrogen (secondary N) is 2. The smallest absolute Gasteiger partial charge is 0.343 e. The number of aromatic nitrogens is 1. The second-order valence-corrected chi connectivity index (χ2v) is 8.95. The number of fused-ring (bicyclic) bond motifs is 1. The zero-order valence-electron chi connectivity index (χ0n) is 22.5. The van der Waals surface area contributed by atoms with Gasteiger partial charge >= 0.3 is 5.63 Å². The second-order valence-electron chi connectivity index (χ2n) is 8.95. The maximum Gasteiger partial charge on any atom is 0.343 e. The third kappa shape index (κ3) is 5.64. The van der Waals surface area contributed by atoms with E-state index in [9.17, 15) is 14.7 Å². The molecule has 4 rings (SSSR count). The third-order valence-electron chi connectivity index (χ3n) is 6.63. The maximum atomic E-state index is 13.2. The minimum absolute atomic E-state index is 0.0509. The third-order valence-corrected chi connectivity index (χ3v) is 6.63. The molecule has 0 unspecified atom stereocenters. The summed E-state index contributed by atoms with van der Waals surface area (Å²) >= 11 is 0. The summed E-state index contributed by atoms with van der Waals surface area (Å²) < 4.78 is 27.1. The molecule has 0 aliphatic carbocycles. The Bertz CT molecular complexity index is 1540. The van der Waals surface area contributed by atoms with Crippen molar-refractivity contribution in [2.45, 2.75) is 25.7 Å². The van der Waals surface area contributed by atoms with Crippen molar-refractivity contribution >= 4 is 16.8 Å². The predicted octanol–water partition coefficient (Wildman–Crippen LogP) is 4.05. The summed E-state index contributed by atoms with van der Waals surface area (Å²) in [4.78, 5) is 29.3. The highest BCUT2D eigenvalue weighted by Gasteiger charge is 2.30. The molecule has 0 spiro atoms. The number of benzene rings is 2. The Kier molecular flexibility index (Phi) is 8.33. The molecule has 4 aromatic rings. The molecule has 0 radical (unpaired) electrons. The van der Waals surface area contributed by atoms with Crippen LogP contribution in [0.5, 0.6) is 28.7 Å². The topological polar surface area (TPSA) is 132 Å². The van der Waals surface area contributed by atoms with Crippen molar-refractivity contribution in [1.29, 1.82) is 0 Å². The van der Waals surface area contributed by atoms with Gasteiger partial charge in [0.15, 0.2) is 11.5 Å². The largest absolute Gasteiger partial charge is 0.507 e. The van der Waals surface area contributed by atoms with E-state index in [0.29, 0.717) is 30.0 Å². The van der Waals surface area contributed by atoms with Gasteiger partial charge in [-0.1, -0.05) is 6.07 Å². The van der Waals surface area contributed by atoms with E-state index < -0.39 is 11.5 Å². The fourth-order valence-corrected chi connectivity index (χ4v) is 4.78. The lowest BCUT2D eigenvalue weighted by Gasteiger charge is -2.22. The molecule has 39 heavy (non-hydrogen) atoms. The quantitative estimate of drug-likeness (QED) is 0.262. The van der Waals surface area contributed by atoms with E-state index >= 15 is 0 Å². The Hall–Kier alpha value is -4.60. The van der Waals surface area contributed by atoms with Crippen molar-refractivity contribution in [1.82, 2.24) is 10.3 Å². The summed E-state index contributed by atoms with van der Waals surface area (Å²) in [6, 6.07) is 10.4. The van der Waals surface area contributed by atoms with Crippen LogP contribution in [0.4, 0.5) is 0 Å². The van der Waals surface area contributed by atoms with Crippen LogP contribution in [0.25, 0.3) is 10.9 Å². The Morgan fingerprint density at radius 3 is 2.46 bits per heavy atom. The molecule has 10 heteroatoms. The van der Waals surface area contributed by atoms with E-state index in [4.69, 9.17) is 23.4 Å². The lowest BCUT2D eigenvalue weighted by atomic mass is 9.87. The number of hydrogen-bond acceptors (Lipinski definition) is 8. The van der Waals surface area contributed by atoms with Crippen LogP contribution >= 0.6 is 0 Å². The lowest BCUT2D eigenvalue weighted by molar-refractivity contribution is -0.121. The van der Waals surface area contributed by atoms with E-state index in [1.165, 1.54) is 27.4 Å². The van der Waals surface area contributed by atoms with Gasteiger partial charge in [0.25, 0.3) is 0 Å². The molecule has 0 aliphatic heterocycles. The summed E-state index contributed by atoms with van der Waals surface area (Å²) in [5, 5.41) is 14.7. The molecule has 0 fully saturated rings. The fraction of sp³-hybridized carbons (Fsp3) is 0.310. The van der Waals surface area contributed by atoms with Crippen LogP contribution in [-0.2, 0) is 11.2 Å². The van der Waals surface area contributed by atoms with Crippen LogP contribution in [-0.4, -0.2) is 51.0 Å². The molecule has 1 amide bonds. The highest BCUT2D eigenvalue weighted by atomic mass is 16.5. The summed E-state index contributed by atoms with van der Waals surface area (Å²) in [5.74, 6) is 0.496. The molecule has 2 aromatic carbocycles. The van der Waals surface area contributed by atoms with Gasteiger partial charge in [0.05, 0.1) is 34.0 Å². The van der Waals surface area contributed by atoms with Crippen LogP contribution in [0.3, 0.4) is 0 Å². The van der Waals surface area contributed by atoms with Gasteiger partial charge in [-0.25, -0.2) is 4.79 Å². The molecule has 2 aromatic heterocycles. The number of H-pyrrole nitrogens is 1. The van der Waals surface area contributed by atoms with Gasteiger partial charge < -0.3 is 38.8 Å². The predicted molar refractivity (Wildman–Crippen MR) is 146 cm³/mol. The van der Waals surface area contributed by atoms with Gasteiger partial charge in [0, 0.05) is 47.6 Å². The van der Waals surface area contributed by atoms with E-state index in [0.717, 1.165) is 22.2 Å². The van der Waals surface area contributed by atoms with Crippen LogP contribution < -0.4 is 29.9 Å². The first-order valence-corrected chi connectivity index (χ1v) is 12.3. The van der Waals surface area contributed by atoms with Crippen molar-refractivity contribution in [3.63, 3.8) is 0 Å². The number of carbonyl (C=O) groups excluding carboxylic acids is 1. The van der Waals surface area contributed by atoms with Crippen LogP contribution in [0, 0.1) is 6.92 Å². The Labute approximate surface area is 225 Å². The summed E-state index contributed by atoms with van der Waals surface area (Å²) in [5.41, 5.74) is 1.67. The zero-order valence-corrected chi connectivity index (χ0v) is 22.5. The summed E-state index contributed by atoms with van der Waals surface area (Å²) in [7, 11) is 6.02. The normalized spacial score (nSPS) is 11.7. The number of methoxy groups -OCH3 is 4. The summed E-state index contributed by atoms with van der Waals surface area (Å²) in [6.45, 7) is 1.91. The van der Waals surface area contributed by atoms with Crippen LogP contribution in [0.15, 0.2) is 51.8 Å². The summed E-state index contributed by atoms with van der Waals surface area (Å²) in [6.07, 6.45) is 2.32. The number of aromatic hydroxyl groups is 1. The minimum Gasteiger partial charge on any atom is -0.507 e. The average Bonchev–Trinajstić information content (AvgIpc) is 3.32. The van der Waals surface area contributed by atoms with Crippen molar-refractivity contribution in [3.05, 3.63) is 75.5 Å². The Balaban J connectivity index is 1.62. The van der Waals surface area contributed by atoms with Crippen LogP contribution in [0.1, 0.15) is 34.8 Å². The number of ether oxygens (including phenoxy) is 4. The van der Waals surface area contributed by atoms with Crippen molar-refractivity contribution in [2.24, 2.45) is 0 Å². The zero-order chi connectivity index (χ0) is 28.1. The van der Waals surface area contributed by atoms with E-state index in [-0.39, 0.29) is 35.2 Å². The number of carbonyl (C=O) groups is 1. The highest BCUT2D eigenvalue weighted by molar-refractivity contribution is 5.85. The van der Waals surface area contributed by atoms with Crippen LogP contribution in [0.2, 0.25) is 0 Å². The van der Waals surface area contributed by atoms with Gasteiger partial charge in [-0.05, 0) is 43.2 Å². The standard InChI is InChI=1S/C29H32N2O8/c1-16-12-23(32)26(29(34)39-16)21(19-7-9-24(36-3)28(38-5)27(19)37-4)14-25(33)30-11-10-17-15-31-22-8-6-18(35-2)13-20(17)22/h6-9,12-13,15,21,31-32H,10-11,14H2,1-5H3,(H,30,33)/t21-/m1/s1. The Morgan fingerprint density at radius 1 is 1.03 bits per heavy atom. The van der Waals surface area contributed by atoms with Gasteiger partial charge in [-0.15, -0.1) is 0 Å². The molecule has 1 atom stereocenters. The molecule has 206 valence electrons. The van der Waals surface area contributed by atoms with Gasteiger partial charge in [0.2, 0.25) is 11.7 Å². The van der Waals surface area contributed by atoms with Gasteiger partial charge in [-0.2, -0.15) is 0 Å². The number of aryl methyl sites for hydroxylation is 1. The molecule has 10 nitrogen and oxygen atoms in total. The second kappa shape index (κ2) is 11.8. The molecule has 3 N–H and O–H groups in total. The molecular weight excluding hydrogens is 504 g/mol. The Morgan fingerprint density at radius 2 is 1.79 bits per heavy atom. The van der Waals surface area contributed by atoms with E-state index in [1.54, 1.807) is 26.2 Å². The number of aromatic amines is 1. The van der Waals surface area contributed by atoms with E-state index in [1.807, 2.05) is 24.4 Å².